The van der Waals surface area contributed by atoms with E-state index in [-0.39, 0.29) is 12.3 Å². The van der Waals surface area contributed by atoms with Crippen molar-refractivity contribution in [2.75, 3.05) is 13.7 Å². The van der Waals surface area contributed by atoms with Crippen LogP contribution in [0.15, 0.2) is 84.2 Å². The van der Waals surface area contributed by atoms with E-state index in [1.807, 2.05) is 84.2 Å². The van der Waals surface area contributed by atoms with Crippen LogP contribution in [0.3, 0.4) is 0 Å². The van der Waals surface area contributed by atoms with E-state index in [1.54, 1.807) is 23.9 Å². The third-order valence-electron chi connectivity index (χ3n) is 7.28. The Bertz CT molecular complexity index is 1460. The lowest BCUT2D eigenvalue weighted by atomic mass is 9.94. The van der Waals surface area contributed by atoms with E-state index in [1.165, 1.54) is 0 Å². The van der Waals surface area contributed by atoms with Crippen molar-refractivity contribution < 1.29 is 24.3 Å². The number of aryl methyl sites for hydroxylation is 1. The molecular weight excluding hydrogens is 550 g/mol. The lowest BCUT2D eigenvalue weighted by Crippen LogP contribution is -2.50. The lowest BCUT2D eigenvalue weighted by Gasteiger charge is -2.22. The molecule has 1 aromatic heterocycles. The van der Waals surface area contributed by atoms with E-state index < -0.39 is 23.8 Å². The number of nitrogens with one attached hydrogen (secondary N) is 3. The van der Waals surface area contributed by atoms with Crippen LogP contribution >= 0.6 is 11.3 Å². The molecule has 0 aliphatic carbocycles. The number of amides is 3. The van der Waals surface area contributed by atoms with Gasteiger partial charge in [0.05, 0.1) is 7.11 Å². The Morgan fingerprint density at radius 1 is 0.881 bits per heavy atom. The number of hydrogen-bond acceptors (Lipinski definition) is 6. The van der Waals surface area contributed by atoms with Gasteiger partial charge in [0.25, 0.3) is 0 Å². The van der Waals surface area contributed by atoms with Crippen LogP contribution in [0.2, 0.25) is 0 Å². The average Bonchev–Trinajstić information content (AvgIpc) is 3.43. The normalized spacial score (nSPS) is 12.3. The molecule has 0 radical (unpaired) electrons. The third kappa shape index (κ3) is 8.89. The average molecular weight is 588 g/mol. The van der Waals surface area contributed by atoms with E-state index in [9.17, 15) is 14.4 Å². The van der Waals surface area contributed by atoms with E-state index in [4.69, 9.17) is 9.94 Å². The second-order valence-electron chi connectivity index (χ2n) is 10.2. The molecule has 0 fully saturated rings. The lowest BCUT2D eigenvalue weighted by molar-refractivity contribution is -0.136. The third-order valence-corrected chi connectivity index (χ3v) is 8.29. The molecule has 3 amide bonds. The summed E-state index contributed by atoms with van der Waals surface area (Å²) in [5.41, 5.74) is 4.80. The van der Waals surface area contributed by atoms with Gasteiger partial charge >= 0.3 is 0 Å². The van der Waals surface area contributed by atoms with Gasteiger partial charge in [-0.3, -0.25) is 19.6 Å². The summed E-state index contributed by atoms with van der Waals surface area (Å²) in [6.45, 7) is 0.428. The zero-order chi connectivity index (χ0) is 29.7. The zero-order valence-corrected chi connectivity index (χ0v) is 24.5. The first-order chi connectivity index (χ1) is 20.5. The summed E-state index contributed by atoms with van der Waals surface area (Å²) in [6, 6.07) is 24.7. The molecule has 8 nitrogen and oxygen atoms in total. The molecule has 220 valence electrons. The molecule has 9 heteroatoms. The first kappa shape index (κ1) is 30.7. The summed E-state index contributed by atoms with van der Waals surface area (Å²) in [7, 11) is 1.61. The van der Waals surface area contributed by atoms with E-state index in [0.29, 0.717) is 38.6 Å². The number of ether oxygens (including phenoxy) is 1. The molecule has 0 aliphatic heterocycles. The minimum Gasteiger partial charge on any atom is -0.497 e. The van der Waals surface area contributed by atoms with Crippen molar-refractivity contribution in [3.63, 3.8) is 0 Å². The first-order valence-electron chi connectivity index (χ1n) is 14.1. The minimum absolute atomic E-state index is 0.186. The minimum atomic E-state index is -0.826. The molecule has 0 bridgehead atoms. The molecule has 4 aromatic rings. The van der Waals surface area contributed by atoms with Crippen LogP contribution in [0.1, 0.15) is 36.0 Å². The fourth-order valence-electron chi connectivity index (χ4n) is 4.95. The van der Waals surface area contributed by atoms with Gasteiger partial charge in [-0.2, -0.15) is 0 Å². The van der Waals surface area contributed by atoms with Gasteiger partial charge in [0.15, 0.2) is 0 Å². The van der Waals surface area contributed by atoms with Crippen LogP contribution < -0.4 is 20.9 Å². The van der Waals surface area contributed by atoms with Gasteiger partial charge in [0, 0.05) is 30.0 Å². The highest BCUT2D eigenvalue weighted by atomic mass is 32.1. The molecule has 0 aliphatic rings. The van der Waals surface area contributed by atoms with E-state index in [2.05, 4.69) is 10.6 Å². The number of methoxy groups -OCH3 is 1. The summed E-state index contributed by atoms with van der Waals surface area (Å²) < 4.78 is 6.32. The molecule has 0 spiro atoms. The number of hydroxylamine groups is 1. The number of carbonyl (C=O) groups is 3. The highest BCUT2D eigenvalue weighted by Gasteiger charge is 2.28. The smallest absolute Gasteiger partial charge is 0.244 e. The van der Waals surface area contributed by atoms with Crippen LogP contribution in [0, 0.1) is 5.92 Å². The maximum atomic E-state index is 13.6. The monoisotopic (exact) mass is 587 g/mol. The number of thiophene rings is 1. The Balaban J connectivity index is 1.45. The van der Waals surface area contributed by atoms with Crippen LogP contribution in [0.5, 0.6) is 5.75 Å². The number of rotatable bonds is 15. The van der Waals surface area contributed by atoms with Gasteiger partial charge in [-0.05, 0) is 71.3 Å². The molecule has 1 heterocycles. The van der Waals surface area contributed by atoms with Crippen molar-refractivity contribution in [2.24, 2.45) is 5.92 Å². The quantitative estimate of drug-likeness (QED) is 0.117. The fourth-order valence-corrected chi connectivity index (χ4v) is 5.92. The van der Waals surface area contributed by atoms with Crippen LogP contribution in [0.25, 0.3) is 10.1 Å². The molecule has 2 atom stereocenters. The molecular formula is C33H37N3O5S. The van der Waals surface area contributed by atoms with Crippen molar-refractivity contribution in [3.05, 3.63) is 101 Å². The second-order valence-corrected chi connectivity index (χ2v) is 11.1. The Hall–Kier alpha value is -4.21. The number of benzene rings is 3. The van der Waals surface area contributed by atoms with E-state index >= 15 is 0 Å². The van der Waals surface area contributed by atoms with Crippen LogP contribution in [-0.2, 0) is 33.6 Å². The topological polar surface area (TPSA) is 117 Å². The number of carbonyl (C=O) groups excluding carboxylic acids is 3. The second kappa shape index (κ2) is 15.7. The predicted molar refractivity (Wildman–Crippen MR) is 165 cm³/mol. The largest absolute Gasteiger partial charge is 0.497 e. The Morgan fingerprint density at radius 2 is 1.60 bits per heavy atom. The van der Waals surface area contributed by atoms with Crippen molar-refractivity contribution in [1.82, 2.24) is 16.1 Å². The molecule has 4 rings (SSSR count). The van der Waals surface area contributed by atoms with Gasteiger partial charge < -0.3 is 15.4 Å². The molecule has 4 N–H and O–H groups in total. The Labute approximate surface area is 250 Å². The summed E-state index contributed by atoms with van der Waals surface area (Å²) >= 11 is 1.60. The van der Waals surface area contributed by atoms with Gasteiger partial charge in [-0.1, -0.05) is 60.7 Å². The van der Waals surface area contributed by atoms with Gasteiger partial charge in [-0.15, -0.1) is 11.3 Å². The Kier molecular flexibility index (Phi) is 11.5. The van der Waals surface area contributed by atoms with E-state index in [0.717, 1.165) is 32.5 Å². The molecule has 42 heavy (non-hydrogen) atoms. The molecule has 0 saturated heterocycles. The standard InChI is InChI=1S/C33H37N3O5S/c1-41-27-16-14-24(15-17-27)10-7-11-25(21-31(37)36-40)32(38)35-29(20-26-22-42-30-13-6-5-12-28(26)30)33(39)34-19-18-23-8-3-2-4-9-23/h2-6,8-9,12-17,22,25,29,40H,7,10-11,18-21H2,1H3,(H,34,39)(H,35,38)(H,36,37)/t25-,29+/m0/s1. The van der Waals surface area contributed by atoms with Gasteiger partial charge in [-0.25, -0.2) is 5.48 Å². The molecule has 0 saturated carbocycles. The van der Waals surface area contributed by atoms with Gasteiger partial charge in [0.2, 0.25) is 17.7 Å². The van der Waals surface area contributed by atoms with Crippen LogP contribution in [0.4, 0.5) is 0 Å². The maximum absolute atomic E-state index is 13.6. The van der Waals surface area contributed by atoms with Crippen molar-refractivity contribution in [3.8, 4) is 5.75 Å². The summed E-state index contributed by atoms with van der Waals surface area (Å²) in [5.74, 6) is -1.27. The highest BCUT2D eigenvalue weighted by Crippen LogP contribution is 2.27. The van der Waals surface area contributed by atoms with Gasteiger partial charge in [0.1, 0.15) is 11.8 Å². The molecule has 3 aromatic carbocycles. The summed E-state index contributed by atoms with van der Waals surface area (Å²) in [4.78, 5) is 39.1. The number of hydrogen-bond donors (Lipinski definition) is 4. The van der Waals surface area contributed by atoms with Crippen molar-refractivity contribution >= 4 is 39.1 Å². The maximum Gasteiger partial charge on any atom is 0.244 e. The molecule has 0 unspecified atom stereocenters. The predicted octanol–water partition coefficient (Wildman–Crippen LogP) is 4.83. The summed E-state index contributed by atoms with van der Waals surface area (Å²) in [6.07, 6.45) is 2.56. The SMILES string of the molecule is COc1ccc(CCC[C@@H](CC(=O)NO)C(=O)N[C@H](Cc2csc3ccccc23)C(=O)NCCc2ccccc2)cc1. The summed E-state index contributed by atoms with van der Waals surface area (Å²) in [5, 5.41) is 18.1. The fraction of sp³-hybridized carbons (Fsp3) is 0.303. The van der Waals surface area contributed by atoms with Crippen molar-refractivity contribution in [1.29, 1.82) is 0 Å². The zero-order valence-electron chi connectivity index (χ0n) is 23.7. The highest BCUT2D eigenvalue weighted by molar-refractivity contribution is 7.17. The number of fused-ring (bicyclic) bond motifs is 1. The van der Waals surface area contributed by atoms with Crippen molar-refractivity contribution in [2.45, 2.75) is 44.6 Å². The van der Waals surface area contributed by atoms with Crippen LogP contribution in [-0.4, -0.2) is 42.6 Å². The first-order valence-corrected chi connectivity index (χ1v) is 15.0. The Morgan fingerprint density at radius 3 is 2.33 bits per heavy atom.